The zero-order valence-electron chi connectivity index (χ0n) is 18.8. The molecule has 1 amide bonds. The van der Waals surface area contributed by atoms with Gasteiger partial charge in [0, 0.05) is 35.5 Å². The summed E-state index contributed by atoms with van der Waals surface area (Å²) < 4.78 is 15.9. The zero-order chi connectivity index (χ0) is 22.6. The lowest BCUT2D eigenvalue weighted by Crippen LogP contribution is -2.47. The summed E-state index contributed by atoms with van der Waals surface area (Å²) in [5.41, 5.74) is 1.13. The predicted octanol–water partition coefficient (Wildman–Crippen LogP) is 3.62. The Hall–Kier alpha value is -2.83. The Morgan fingerprint density at radius 3 is 2.30 bits per heavy atom. The van der Waals surface area contributed by atoms with Crippen LogP contribution in [0.3, 0.4) is 0 Å². The van der Waals surface area contributed by atoms with Gasteiger partial charge < -0.3 is 18.8 Å². The van der Waals surface area contributed by atoms with Crippen molar-refractivity contribution in [3.05, 3.63) is 39.7 Å². The molecule has 2 aromatic rings. The summed E-state index contributed by atoms with van der Waals surface area (Å²) in [6.45, 7) is 11.1. The van der Waals surface area contributed by atoms with Gasteiger partial charge in [-0.1, -0.05) is 0 Å². The highest BCUT2D eigenvalue weighted by Crippen LogP contribution is 2.24. The van der Waals surface area contributed by atoms with Gasteiger partial charge in [0.05, 0.1) is 7.11 Å². The van der Waals surface area contributed by atoms with Gasteiger partial charge in [0.25, 0.3) is 5.91 Å². The maximum absolute atomic E-state index is 12.6. The van der Waals surface area contributed by atoms with E-state index in [2.05, 4.69) is 0 Å². The summed E-state index contributed by atoms with van der Waals surface area (Å²) in [5, 5.41) is 0.784. The number of aryl methyl sites for hydroxylation is 1. The van der Waals surface area contributed by atoms with Crippen molar-refractivity contribution in [2.24, 2.45) is 0 Å². The number of carbonyl (C=O) groups is 2. The first-order valence-electron chi connectivity index (χ1n) is 10.2. The molecule has 7 nitrogen and oxygen atoms in total. The van der Waals surface area contributed by atoms with Crippen molar-refractivity contribution in [3.8, 4) is 5.75 Å². The summed E-state index contributed by atoms with van der Waals surface area (Å²) in [4.78, 5) is 39.0. The molecule has 0 saturated carbocycles. The Labute approximate surface area is 176 Å². The maximum Gasteiger partial charge on any atom is 0.339 e. The van der Waals surface area contributed by atoms with Gasteiger partial charge in [-0.2, -0.15) is 0 Å². The van der Waals surface area contributed by atoms with Crippen LogP contribution in [0.15, 0.2) is 27.4 Å². The molecule has 0 bridgehead atoms. The third kappa shape index (κ3) is 5.20. The molecule has 30 heavy (non-hydrogen) atoms. The van der Waals surface area contributed by atoms with Crippen LogP contribution >= 0.6 is 0 Å². The lowest BCUT2D eigenvalue weighted by atomic mass is 10.0. The highest BCUT2D eigenvalue weighted by molar-refractivity contribution is 5.84. The van der Waals surface area contributed by atoms with Gasteiger partial charge in [-0.15, -0.1) is 0 Å². The number of hydrogen-bond donors (Lipinski definition) is 0. The van der Waals surface area contributed by atoms with Gasteiger partial charge in [0.1, 0.15) is 11.3 Å². The van der Waals surface area contributed by atoms with Gasteiger partial charge >= 0.3 is 11.6 Å². The molecule has 1 unspecified atom stereocenters. The van der Waals surface area contributed by atoms with Crippen LogP contribution in [0, 0.1) is 6.92 Å². The molecular formula is C23H31NO6. The second-order valence-electron chi connectivity index (χ2n) is 7.92. The summed E-state index contributed by atoms with van der Waals surface area (Å²) in [6.07, 6.45) is -0.730. The number of ether oxygens (including phenoxy) is 2. The predicted molar refractivity (Wildman–Crippen MR) is 115 cm³/mol. The molecule has 1 atom stereocenters. The minimum absolute atomic E-state index is 0.00200. The number of carbonyl (C=O) groups excluding carboxylic acids is 2. The average molecular weight is 418 g/mol. The molecule has 0 N–H and O–H groups in total. The van der Waals surface area contributed by atoms with Crippen molar-refractivity contribution in [1.82, 2.24) is 4.90 Å². The van der Waals surface area contributed by atoms with Crippen molar-refractivity contribution in [2.45, 2.75) is 72.6 Å². The number of nitrogens with zero attached hydrogens (tertiary/aromatic N) is 1. The molecule has 0 radical (unpaired) electrons. The molecule has 0 aliphatic carbocycles. The lowest BCUT2D eigenvalue weighted by molar-refractivity contribution is -0.161. The smallest absolute Gasteiger partial charge is 0.339 e. The van der Waals surface area contributed by atoms with E-state index < -0.39 is 17.7 Å². The fourth-order valence-corrected chi connectivity index (χ4v) is 3.64. The molecule has 1 aromatic heterocycles. The first-order chi connectivity index (χ1) is 14.1. The fourth-order valence-electron chi connectivity index (χ4n) is 3.64. The molecule has 1 aromatic carbocycles. The van der Waals surface area contributed by atoms with Crippen LogP contribution < -0.4 is 10.4 Å². The van der Waals surface area contributed by atoms with E-state index in [-0.39, 0.29) is 30.8 Å². The maximum atomic E-state index is 12.6. The van der Waals surface area contributed by atoms with E-state index in [0.29, 0.717) is 16.9 Å². The number of amides is 1. The number of fused-ring (bicyclic) bond motifs is 1. The van der Waals surface area contributed by atoms with E-state index in [1.807, 2.05) is 40.7 Å². The monoisotopic (exact) mass is 417 g/mol. The third-order valence-electron chi connectivity index (χ3n) is 5.10. The van der Waals surface area contributed by atoms with Crippen LogP contribution in [0.2, 0.25) is 0 Å². The van der Waals surface area contributed by atoms with Crippen LogP contribution in [0.25, 0.3) is 11.0 Å². The topological polar surface area (TPSA) is 86.0 Å². The van der Waals surface area contributed by atoms with Crippen molar-refractivity contribution in [2.75, 3.05) is 7.11 Å². The normalized spacial score (nSPS) is 12.3. The van der Waals surface area contributed by atoms with Crippen LogP contribution in [-0.4, -0.2) is 42.1 Å². The highest BCUT2D eigenvalue weighted by atomic mass is 16.5. The Bertz CT molecular complexity index is 968. The first-order valence-corrected chi connectivity index (χ1v) is 10.2. The Morgan fingerprint density at radius 1 is 1.10 bits per heavy atom. The third-order valence-corrected chi connectivity index (χ3v) is 5.10. The number of hydrogen-bond acceptors (Lipinski definition) is 6. The Morgan fingerprint density at radius 2 is 1.73 bits per heavy atom. The van der Waals surface area contributed by atoms with Crippen molar-refractivity contribution in [1.29, 1.82) is 0 Å². The van der Waals surface area contributed by atoms with Crippen LogP contribution in [0.5, 0.6) is 5.75 Å². The number of rotatable bonds is 8. The van der Waals surface area contributed by atoms with E-state index in [4.69, 9.17) is 13.9 Å². The zero-order valence-corrected chi connectivity index (χ0v) is 18.8. The first kappa shape index (κ1) is 23.4. The van der Waals surface area contributed by atoms with E-state index >= 15 is 0 Å². The molecule has 0 aliphatic heterocycles. The number of benzene rings is 1. The van der Waals surface area contributed by atoms with Crippen molar-refractivity contribution < 1.29 is 23.5 Å². The van der Waals surface area contributed by atoms with Gasteiger partial charge in [-0.3, -0.25) is 9.59 Å². The molecule has 1 heterocycles. The van der Waals surface area contributed by atoms with E-state index in [0.717, 1.165) is 10.9 Å². The van der Waals surface area contributed by atoms with Crippen LogP contribution in [0.1, 0.15) is 52.2 Å². The molecule has 164 valence electrons. The molecule has 0 saturated heterocycles. The van der Waals surface area contributed by atoms with Crippen molar-refractivity contribution >= 4 is 22.8 Å². The van der Waals surface area contributed by atoms with E-state index in [1.165, 1.54) is 0 Å². The van der Waals surface area contributed by atoms with Crippen LogP contribution in [-0.2, 0) is 20.7 Å². The second-order valence-corrected chi connectivity index (χ2v) is 7.92. The molecule has 0 fully saturated rings. The number of methoxy groups -OCH3 is 1. The van der Waals surface area contributed by atoms with E-state index in [9.17, 15) is 14.4 Å². The summed E-state index contributed by atoms with van der Waals surface area (Å²) in [5.74, 6) is -0.169. The van der Waals surface area contributed by atoms with Gasteiger partial charge in [-0.05, 0) is 65.7 Å². The average Bonchev–Trinajstić information content (AvgIpc) is 2.66. The van der Waals surface area contributed by atoms with Crippen LogP contribution in [0.4, 0.5) is 0 Å². The summed E-state index contributed by atoms with van der Waals surface area (Å²) in [6, 6.07) is 5.27. The van der Waals surface area contributed by atoms with Gasteiger partial charge in [0.2, 0.25) is 0 Å². The van der Waals surface area contributed by atoms with Crippen molar-refractivity contribution in [3.63, 3.8) is 0 Å². The largest absolute Gasteiger partial charge is 0.497 e. The lowest BCUT2D eigenvalue weighted by Gasteiger charge is -2.32. The molecule has 2 rings (SSSR count). The molecule has 0 aliphatic rings. The molecule has 7 heteroatoms. The molecular weight excluding hydrogens is 386 g/mol. The second kappa shape index (κ2) is 9.78. The quantitative estimate of drug-likeness (QED) is 0.482. The summed E-state index contributed by atoms with van der Waals surface area (Å²) >= 11 is 0. The minimum Gasteiger partial charge on any atom is -0.497 e. The Kier molecular flexibility index (Phi) is 7.65. The molecule has 0 spiro atoms. The summed E-state index contributed by atoms with van der Waals surface area (Å²) in [7, 11) is 1.54. The Balaban J connectivity index is 2.10. The van der Waals surface area contributed by atoms with Gasteiger partial charge in [-0.25, -0.2) is 4.79 Å². The highest BCUT2D eigenvalue weighted by Gasteiger charge is 2.27. The van der Waals surface area contributed by atoms with Gasteiger partial charge in [0.15, 0.2) is 6.10 Å². The van der Waals surface area contributed by atoms with E-state index in [1.54, 1.807) is 31.1 Å². The SMILES string of the molecule is COc1ccc2c(C)c(CCC(=O)OC(C)C(=O)N(C(C)C)C(C)C)c(=O)oc2c1. The number of esters is 1. The standard InChI is InChI=1S/C23H31NO6/c1-13(2)24(14(3)4)22(26)16(6)29-21(25)11-10-19-15(5)18-9-8-17(28-7)12-20(18)30-23(19)27/h8-9,12-14,16H,10-11H2,1-7H3. The minimum atomic E-state index is -0.885. The fraction of sp³-hybridized carbons (Fsp3) is 0.522.